The number of nitrogens with zero attached hydrogens (tertiary/aromatic N) is 3. The Labute approximate surface area is 310 Å². The molecule has 2 unspecified atom stereocenters. The predicted molar refractivity (Wildman–Crippen MR) is 215 cm³/mol. The first kappa shape index (κ1) is 31.3. The summed E-state index contributed by atoms with van der Waals surface area (Å²) in [6.07, 6.45) is 0.809. The second-order valence-corrected chi connectivity index (χ2v) is 14.3. The van der Waals surface area contributed by atoms with Crippen molar-refractivity contribution in [3.05, 3.63) is 221 Å². The molecule has 10 rings (SSSR count). The largest absolute Gasteiger partial charge is 0.213 e. The Morgan fingerprint density at radius 3 is 1.55 bits per heavy atom. The first-order chi connectivity index (χ1) is 26.2. The number of benzene rings is 7. The van der Waals surface area contributed by atoms with Crippen LogP contribution in [0.25, 0.3) is 45.0 Å². The van der Waals surface area contributed by atoms with Crippen LogP contribution in [0.3, 0.4) is 0 Å². The lowest BCUT2D eigenvalue weighted by Crippen LogP contribution is -2.31. The van der Waals surface area contributed by atoms with Gasteiger partial charge in [0, 0.05) is 17.0 Å². The van der Waals surface area contributed by atoms with Crippen molar-refractivity contribution in [1.82, 2.24) is 15.0 Å². The van der Waals surface area contributed by atoms with Crippen molar-refractivity contribution in [3.8, 4) is 45.0 Å². The molecule has 0 saturated carbocycles. The van der Waals surface area contributed by atoms with Gasteiger partial charge in [0.15, 0.2) is 11.6 Å². The number of hydrogen-bond donors (Lipinski definition) is 0. The van der Waals surface area contributed by atoms with E-state index < -0.39 is 5.41 Å². The van der Waals surface area contributed by atoms with E-state index in [1.54, 1.807) is 0 Å². The van der Waals surface area contributed by atoms with Gasteiger partial charge in [-0.2, -0.15) is 0 Å². The summed E-state index contributed by atoms with van der Waals surface area (Å²) >= 11 is 0. The molecule has 0 saturated heterocycles. The van der Waals surface area contributed by atoms with Crippen molar-refractivity contribution < 1.29 is 0 Å². The molecule has 2 aliphatic rings. The molecule has 3 heteroatoms. The lowest BCUT2D eigenvalue weighted by molar-refractivity contribution is 0.540. The fraction of sp³-hybridized carbons (Fsp3) is 0.100. The number of fused-ring (bicyclic) bond motifs is 7. The van der Waals surface area contributed by atoms with Gasteiger partial charge in [0.1, 0.15) is 5.82 Å². The maximum absolute atomic E-state index is 5.35. The third-order valence-electron chi connectivity index (χ3n) is 11.5. The highest BCUT2D eigenvalue weighted by Crippen LogP contribution is 2.61. The van der Waals surface area contributed by atoms with Crippen LogP contribution in [0.15, 0.2) is 182 Å². The fourth-order valence-electron chi connectivity index (χ4n) is 9.16. The van der Waals surface area contributed by atoms with Crippen LogP contribution in [0.4, 0.5) is 0 Å². The van der Waals surface area contributed by atoms with Crippen LogP contribution in [0.5, 0.6) is 0 Å². The first-order valence-electron chi connectivity index (χ1n) is 18.5. The maximum atomic E-state index is 5.35. The molecule has 0 bridgehead atoms. The van der Waals surface area contributed by atoms with Gasteiger partial charge in [0.25, 0.3) is 0 Å². The molecule has 53 heavy (non-hydrogen) atoms. The van der Waals surface area contributed by atoms with E-state index in [-0.39, 0.29) is 11.8 Å². The van der Waals surface area contributed by atoms with Gasteiger partial charge in [-0.1, -0.05) is 189 Å². The molecule has 7 aromatic carbocycles. The van der Waals surface area contributed by atoms with Gasteiger partial charge in [-0.3, -0.25) is 0 Å². The molecule has 0 spiro atoms. The van der Waals surface area contributed by atoms with Crippen molar-refractivity contribution >= 4 is 0 Å². The lowest BCUT2D eigenvalue weighted by atomic mass is 9.64. The Hall–Kier alpha value is -6.45. The minimum atomic E-state index is -0.526. The van der Waals surface area contributed by atoms with E-state index in [0.29, 0.717) is 11.6 Å². The van der Waals surface area contributed by atoms with Gasteiger partial charge in [-0.25, -0.2) is 15.0 Å². The van der Waals surface area contributed by atoms with E-state index in [1.807, 2.05) is 12.1 Å². The molecule has 1 aromatic heterocycles. The molecule has 2 aliphatic carbocycles. The molecule has 1 heterocycles. The van der Waals surface area contributed by atoms with Gasteiger partial charge in [-0.05, 0) is 68.0 Å². The van der Waals surface area contributed by atoms with Crippen molar-refractivity contribution in [2.24, 2.45) is 0 Å². The molecule has 0 N–H and O–H groups in total. The van der Waals surface area contributed by atoms with Gasteiger partial charge >= 0.3 is 0 Å². The normalized spacial score (nSPS) is 16.5. The Bertz CT molecular complexity index is 2500. The Balaban J connectivity index is 1.29. The van der Waals surface area contributed by atoms with Crippen LogP contribution in [-0.2, 0) is 11.8 Å². The van der Waals surface area contributed by atoms with Crippen LogP contribution in [0.1, 0.15) is 58.0 Å². The molecule has 8 aromatic rings. The van der Waals surface area contributed by atoms with Crippen LogP contribution >= 0.6 is 0 Å². The van der Waals surface area contributed by atoms with E-state index >= 15 is 0 Å². The zero-order chi connectivity index (χ0) is 35.4. The second-order valence-electron chi connectivity index (χ2n) is 14.3. The molecular weight excluding hydrogens is 643 g/mol. The molecule has 0 fully saturated rings. The van der Waals surface area contributed by atoms with Crippen molar-refractivity contribution in [2.75, 3.05) is 0 Å². The van der Waals surface area contributed by atoms with Gasteiger partial charge < -0.3 is 0 Å². The summed E-state index contributed by atoms with van der Waals surface area (Å²) in [7, 11) is 0. The average Bonchev–Trinajstić information content (AvgIpc) is 3.47. The summed E-state index contributed by atoms with van der Waals surface area (Å²) in [5.41, 5.74) is 14.5. The fourth-order valence-corrected chi connectivity index (χ4v) is 9.16. The zero-order valence-electron chi connectivity index (χ0n) is 29.5. The van der Waals surface area contributed by atoms with E-state index in [1.165, 1.54) is 55.6 Å². The highest BCUT2D eigenvalue weighted by molar-refractivity contribution is 5.91. The van der Waals surface area contributed by atoms with Gasteiger partial charge in [0.05, 0.1) is 5.41 Å². The molecule has 252 valence electrons. The standard InChI is InChI=1S/C50H37N3/c1-33-43(49-52-47(34-18-6-2-7-19-34)51-48(53-49)35-20-8-3-9-21-35)32-36-22-14-15-27-39(36)41-30-31-42-40-28-16-17-29-44(40)50(46(42)45(33)41,37-23-10-4-11-24-37)38-25-12-5-13-26-38/h2-31,33,43H,32H2,1H3. The van der Waals surface area contributed by atoms with E-state index in [2.05, 4.69) is 177 Å². The van der Waals surface area contributed by atoms with Crippen molar-refractivity contribution in [2.45, 2.75) is 30.6 Å². The van der Waals surface area contributed by atoms with Crippen molar-refractivity contribution in [3.63, 3.8) is 0 Å². The van der Waals surface area contributed by atoms with Crippen LogP contribution in [0, 0.1) is 0 Å². The van der Waals surface area contributed by atoms with E-state index in [9.17, 15) is 0 Å². The number of rotatable bonds is 5. The number of hydrogen-bond acceptors (Lipinski definition) is 3. The Morgan fingerprint density at radius 1 is 0.453 bits per heavy atom. The third-order valence-corrected chi connectivity index (χ3v) is 11.5. The van der Waals surface area contributed by atoms with Crippen molar-refractivity contribution in [1.29, 1.82) is 0 Å². The SMILES string of the molecule is CC1c2c(ccc3c2C(c2ccccc2)(c2ccccc2)c2ccccc2-3)-c2ccccc2CC1c1nc(-c2ccccc2)nc(-c2ccccc2)n1. The quantitative estimate of drug-likeness (QED) is 0.182. The Kier molecular flexibility index (Phi) is 7.47. The molecule has 0 amide bonds. The summed E-state index contributed by atoms with van der Waals surface area (Å²) < 4.78 is 0. The molecule has 2 atom stereocenters. The minimum Gasteiger partial charge on any atom is -0.213 e. The van der Waals surface area contributed by atoms with Gasteiger partial charge in [-0.15, -0.1) is 0 Å². The third kappa shape index (κ3) is 4.92. The summed E-state index contributed by atoms with van der Waals surface area (Å²) in [5, 5.41) is 0. The molecule has 0 aliphatic heterocycles. The van der Waals surface area contributed by atoms with E-state index in [0.717, 1.165) is 23.4 Å². The molecular formula is C50H37N3. The first-order valence-corrected chi connectivity index (χ1v) is 18.5. The average molecular weight is 680 g/mol. The maximum Gasteiger partial charge on any atom is 0.163 e. The summed E-state index contributed by atoms with van der Waals surface area (Å²) in [4.78, 5) is 15.8. The topological polar surface area (TPSA) is 38.7 Å². The monoisotopic (exact) mass is 679 g/mol. The molecule has 0 radical (unpaired) electrons. The second kappa shape index (κ2) is 12.6. The van der Waals surface area contributed by atoms with Crippen LogP contribution in [0.2, 0.25) is 0 Å². The molecule has 3 nitrogen and oxygen atoms in total. The highest BCUT2D eigenvalue weighted by atomic mass is 15.0. The van der Waals surface area contributed by atoms with E-state index in [4.69, 9.17) is 15.0 Å². The summed E-state index contributed by atoms with van der Waals surface area (Å²) in [6.45, 7) is 2.41. The van der Waals surface area contributed by atoms with Crippen LogP contribution < -0.4 is 0 Å². The highest BCUT2D eigenvalue weighted by Gasteiger charge is 2.49. The smallest absolute Gasteiger partial charge is 0.163 e. The summed E-state index contributed by atoms with van der Waals surface area (Å²) in [6, 6.07) is 65.7. The predicted octanol–water partition coefficient (Wildman–Crippen LogP) is 11.7. The minimum absolute atomic E-state index is 0.0233. The Morgan fingerprint density at radius 2 is 0.943 bits per heavy atom. The van der Waals surface area contributed by atoms with Crippen LogP contribution in [-0.4, -0.2) is 15.0 Å². The zero-order valence-corrected chi connectivity index (χ0v) is 29.5. The lowest BCUT2D eigenvalue weighted by Gasteiger charge is -2.37. The van der Waals surface area contributed by atoms with Gasteiger partial charge in [0.2, 0.25) is 0 Å². The summed E-state index contributed by atoms with van der Waals surface area (Å²) in [5.74, 6) is 2.26. The number of aromatic nitrogens is 3.